The molecule has 1 aliphatic heterocycles. The van der Waals surface area contributed by atoms with Gasteiger partial charge < -0.3 is 20.3 Å². The van der Waals surface area contributed by atoms with Crippen molar-refractivity contribution in [1.82, 2.24) is 5.32 Å². The molecule has 0 saturated heterocycles. The van der Waals surface area contributed by atoms with E-state index in [9.17, 15) is 14.4 Å². The van der Waals surface area contributed by atoms with Crippen LogP contribution in [0.4, 0.5) is 11.4 Å². The zero-order valence-electron chi connectivity index (χ0n) is 15.3. The van der Waals surface area contributed by atoms with Crippen LogP contribution in [-0.2, 0) is 14.4 Å². The van der Waals surface area contributed by atoms with E-state index in [0.29, 0.717) is 22.1 Å². The van der Waals surface area contributed by atoms with E-state index in [1.54, 1.807) is 43.3 Å². The molecule has 0 aromatic heterocycles. The van der Waals surface area contributed by atoms with Crippen molar-refractivity contribution in [2.24, 2.45) is 0 Å². The summed E-state index contributed by atoms with van der Waals surface area (Å²) >= 11 is 6.03. The lowest BCUT2D eigenvalue weighted by Crippen LogP contribution is -2.41. The predicted octanol–water partition coefficient (Wildman–Crippen LogP) is 2.52. The van der Waals surface area contributed by atoms with Gasteiger partial charge in [0.2, 0.25) is 11.8 Å². The Balaban J connectivity index is 1.49. The Labute approximate surface area is 167 Å². The van der Waals surface area contributed by atoms with Crippen LogP contribution in [-0.4, -0.2) is 37.4 Å². The summed E-state index contributed by atoms with van der Waals surface area (Å²) in [6.45, 7) is 1.78. The SMILES string of the molecule is Cc1c(Cl)cccc1NC(=O)CNC(=O)CCN1C(=O)COc2ccccc21. The van der Waals surface area contributed by atoms with Crippen molar-refractivity contribution in [2.45, 2.75) is 13.3 Å². The maximum absolute atomic E-state index is 12.1. The molecular weight excluding hydrogens is 382 g/mol. The molecule has 3 amide bonds. The van der Waals surface area contributed by atoms with Crippen molar-refractivity contribution in [3.8, 4) is 5.75 Å². The summed E-state index contributed by atoms with van der Waals surface area (Å²) in [4.78, 5) is 37.8. The molecule has 2 aromatic carbocycles. The highest BCUT2D eigenvalue weighted by Crippen LogP contribution is 2.31. The maximum atomic E-state index is 12.1. The van der Waals surface area contributed by atoms with E-state index < -0.39 is 0 Å². The molecule has 3 rings (SSSR count). The van der Waals surface area contributed by atoms with Crippen molar-refractivity contribution < 1.29 is 19.1 Å². The summed E-state index contributed by atoms with van der Waals surface area (Å²) in [6, 6.07) is 12.4. The number of carbonyl (C=O) groups excluding carboxylic acids is 3. The average molecular weight is 402 g/mol. The molecule has 0 radical (unpaired) electrons. The summed E-state index contributed by atoms with van der Waals surface area (Å²) in [5, 5.41) is 5.83. The van der Waals surface area contributed by atoms with Crippen LogP contribution in [0.25, 0.3) is 0 Å². The summed E-state index contributed by atoms with van der Waals surface area (Å²) in [5.41, 5.74) is 2.00. The van der Waals surface area contributed by atoms with Crippen molar-refractivity contribution >= 4 is 40.7 Å². The maximum Gasteiger partial charge on any atom is 0.265 e. The second-order valence-electron chi connectivity index (χ2n) is 6.29. The van der Waals surface area contributed by atoms with Crippen molar-refractivity contribution in [1.29, 1.82) is 0 Å². The minimum atomic E-state index is -0.355. The Kier molecular flexibility index (Phi) is 6.16. The highest BCUT2D eigenvalue weighted by Gasteiger charge is 2.25. The number of benzene rings is 2. The molecule has 2 aromatic rings. The highest BCUT2D eigenvalue weighted by molar-refractivity contribution is 6.31. The number of ether oxygens (including phenoxy) is 1. The number of halogens is 1. The number of rotatable bonds is 6. The van der Waals surface area contributed by atoms with Crippen molar-refractivity contribution in [3.05, 3.63) is 53.1 Å². The Morgan fingerprint density at radius 2 is 1.93 bits per heavy atom. The lowest BCUT2D eigenvalue weighted by atomic mass is 10.2. The fourth-order valence-corrected chi connectivity index (χ4v) is 2.99. The first kappa shape index (κ1) is 19.7. The topological polar surface area (TPSA) is 87.7 Å². The van der Waals surface area contributed by atoms with Crippen LogP contribution in [0.3, 0.4) is 0 Å². The van der Waals surface area contributed by atoms with Gasteiger partial charge in [-0.2, -0.15) is 0 Å². The minimum Gasteiger partial charge on any atom is -0.482 e. The van der Waals surface area contributed by atoms with Crippen LogP contribution in [0.15, 0.2) is 42.5 Å². The normalized spacial score (nSPS) is 12.8. The molecule has 0 unspecified atom stereocenters. The van der Waals surface area contributed by atoms with Gasteiger partial charge in [-0.25, -0.2) is 0 Å². The Morgan fingerprint density at radius 3 is 2.75 bits per heavy atom. The molecule has 2 N–H and O–H groups in total. The average Bonchev–Trinajstić information content (AvgIpc) is 2.69. The molecule has 7 nitrogen and oxygen atoms in total. The van der Waals surface area contributed by atoms with E-state index in [2.05, 4.69) is 10.6 Å². The van der Waals surface area contributed by atoms with Gasteiger partial charge in [0, 0.05) is 23.7 Å². The molecule has 0 bridgehead atoms. The Morgan fingerprint density at radius 1 is 1.14 bits per heavy atom. The van der Waals surface area contributed by atoms with Crippen LogP contribution in [0.1, 0.15) is 12.0 Å². The number of nitrogens with zero attached hydrogens (tertiary/aromatic N) is 1. The van der Waals surface area contributed by atoms with E-state index in [-0.39, 0.29) is 43.8 Å². The largest absolute Gasteiger partial charge is 0.482 e. The molecule has 1 aliphatic rings. The molecule has 146 valence electrons. The van der Waals surface area contributed by atoms with Gasteiger partial charge >= 0.3 is 0 Å². The number of fused-ring (bicyclic) bond motifs is 1. The number of hydrogen-bond acceptors (Lipinski definition) is 4. The van der Waals surface area contributed by atoms with Crippen LogP contribution < -0.4 is 20.3 Å². The van der Waals surface area contributed by atoms with Gasteiger partial charge in [-0.15, -0.1) is 0 Å². The third kappa shape index (κ3) is 4.61. The third-order valence-electron chi connectivity index (χ3n) is 4.36. The van der Waals surface area contributed by atoms with Gasteiger partial charge in [0.25, 0.3) is 5.91 Å². The van der Waals surface area contributed by atoms with Crippen LogP contribution in [0, 0.1) is 6.92 Å². The van der Waals surface area contributed by atoms with Crippen LogP contribution in [0.5, 0.6) is 5.75 Å². The van der Waals surface area contributed by atoms with E-state index >= 15 is 0 Å². The Bertz CT molecular complexity index is 916. The fourth-order valence-electron chi connectivity index (χ4n) is 2.82. The minimum absolute atomic E-state index is 0.0555. The zero-order valence-corrected chi connectivity index (χ0v) is 16.1. The molecule has 0 saturated carbocycles. The number of carbonyl (C=O) groups is 3. The summed E-state index contributed by atoms with van der Waals surface area (Å²) in [6.07, 6.45) is 0.0730. The summed E-state index contributed by atoms with van der Waals surface area (Å²) < 4.78 is 5.37. The number of anilines is 2. The molecule has 0 fully saturated rings. The van der Waals surface area contributed by atoms with E-state index in [1.807, 2.05) is 6.07 Å². The van der Waals surface area contributed by atoms with Crippen LogP contribution in [0.2, 0.25) is 5.02 Å². The fraction of sp³-hybridized carbons (Fsp3) is 0.250. The molecular formula is C20H20ClN3O4. The molecule has 0 spiro atoms. The van der Waals surface area contributed by atoms with Crippen LogP contribution >= 0.6 is 11.6 Å². The van der Waals surface area contributed by atoms with Gasteiger partial charge in [0.1, 0.15) is 5.75 Å². The molecule has 28 heavy (non-hydrogen) atoms. The number of nitrogens with one attached hydrogen (secondary N) is 2. The van der Waals surface area contributed by atoms with Crippen molar-refractivity contribution in [3.63, 3.8) is 0 Å². The lowest BCUT2D eigenvalue weighted by Gasteiger charge is -2.29. The quantitative estimate of drug-likeness (QED) is 0.778. The van der Waals surface area contributed by atoms with Gasteiger partial charge in [-0.05, 0) is 36.8 Å². The molecule has 0 atom stereocenters. The zero-order chi connectivity index (χ0) is 20.1. The van der Waals surface area contributed by atoms with Crippen molar-refractivity contribution in [2.75, 3.05) is 29.9 Å². The van der Waals surface area contributed by atoms with Gasteiger partial charge in [0.15, 0.2) is 6.61 Å². The monoisotopic (exact) mass is 401 g/mol. The van der Waals surface area contributed by atoms with Gasteiger partial charge in [-0.3, -0.25) is 14.4 Å². The summed E-state index contributed by atoms with van der Waals surface area (Å²) in [7, 11) is 0. The predicted molar refractivity (Wildman–Crippen MR) is 107 cm³/mol. The molecule has 0 aliphatic carbocycles. The van der Waals surface area contributed by atoms with E-state index in [1.165, 1.54) is 4.90 Å². The first-order chi connectivity index (χ1) is 13.5. The second-order valence-corrected chi connectivity index (χ2v) is 6.70. The Hall–Kier alpha value is -3.06. The molecule has 8 heteroatoms. The number of amides is 3. The van der Waals surface area contributed by atoms with E-state index in [0.717, 1.165) is 5.56 Å². The first-order valence-corrected chi connectivity index (χ1v) is 9.17. The lowest BCUT2D eigenvalue weighted by molar-refractivity contribution is -0.124. The smallest absolute Gasteiger partial charge is 0.265 e. The number of hydrogen-bond donors (Lipinski definition) is 2. The first-order valence-electron chi connectivity index (χ1n) is 8.79. The van der Waals surface area contributed by atoms with E-state index in [4.69, 9.17) is 16.3 Å². The third-order valence-corrected chi connectivity index (χ3v) is 4.77. The summed E-state index contributed by atoms with van der Waals surface area (Å²) in [5.74, 6) is -0.277. The highest BCUT2D eigenvalue weighted by atomic mass is 35.5. The second kappa shape index (κ2) is 8.75. The molecule has 1 heterocycles. The van der Waals surface area contributed by atoms with Gasteiger partial charge in [0.05, 0.1) is 12.2 Å². The standard InChI is InChI=1S/C20H20ClN3O4/c1-13-14(21)5-4-6-15(13)23-19(26)11-22-18(25)9-10-24-16-7-2-3-8-17(16)28-12-20(24)27/h2-8H,9-12H2,1H3,(H,22,25)(H,23,26). The van der Waals surface area contributed by atoms with Gasteiger partial charge in [-0.1, -0.05) is 29.8 Å². The number of para-hydroxylation sites is 2.